The maximum absolute atomic E-state index is 12.5. The molecule has 104 valence electrons. The second-order valence-corrected chi connectivity index (χ2v) is 6.43. The Balaban J connectivity index is 2.15. The van der Waals surface area contributed by atoms with Crippen LogP contribution in [-0.4, -0.2) is 48.9 Å². The van der Waals surface area contributed by atoms with Crippen molar-refractivity contribution in [1.29, 1.82) is 0 Å². The van der Waals surface area contributed by atoms with Gasteiger partial charge >= 0.3 is 0 Å². The molecule has 19 heavy (non-hydrogen) atoms. The number of hydrogen-bond acceptors (Lipinski definition) is 2. The van der Waals surface area contributed by atoms with Crippen LogP contribution in [0.2, 0.25) is 5.02 Å². The number of carbonyl (C=O) groups is 1. The van der Waals surface area contributed by atoms with Gasteiger partial charge in [0.25, 0.3) is 5.91 Å². The summed E-state index contributed by atoms with van der Waals surface area (Å²) in [6, 6.07) is 5.76. The van der Waals surface area contributed by atoms with Gasteiger partial charge in [-0.1, -0.05) is 11.6 Å². The average Bonchev–Trinajstić information content (AvgIpc) is 2.38. The van der Waals surface area contributed by atoms with E-state index in [-0.39, 0.29) is 5.91 Å². The molecule has 1 aliphatic heterocycles. The number of hydrogen-bond donors (Lipinski definition) is 0. The molecule has 1 atom stereocenters. The van der Waals surface area contributed by atoms with Crippen molar-refractivity contribution < 1.29 is 4.79 Å². The van der Waals surface area contributed by atoms with E-state index in [9.17, 15) is 4.79 Å². The number of piperidine rings is 1. The number of likely N-dealkylation sites (N-methyl/N-ethyl adjacent to an activating group) is 1. The fourth-order valence-corrected chi connectivity index (χ4v) is 3.25. The maximum atomic E-state index is 12.5. The van der Waals surface area contributed by atoms with E-state index in [4.69, 9.17) is 11.6 Å². The second-order valence-electron chi connectivity index (χ2n) is 5.13. The lowest BCUT2D eigenvalue weighted by molar-refractivity contribution is 0.0634. The highest BCUT2D eigenvalue weighted by Crippen LogP contribution is 2.24. The van der Waals surface area contributed by atoms with E-state index in [0.717, 1.165) is 30.4 Å². The number of likely N-dealkylation sites (tertiary alicyclic amines) is 1. The Hall–Kier alpha value is -0.580. The molecule has 2 rings (SSSR count). The molecule has 0 saturated carbocycles. The smallest absolute Gasteiger partial charge is 0.255 e. The third-order valence-electron chi connectivity index (χ3n) is 3.58. The van der Waals surface area contributed by atoms with Crippen molar-refractivity contribution in [1.82, 2.24) is 9.80 Å². The summed E-state index contributed by atoms with van der Waals surface area (Å²) in [6.45, 7) is 1.62. The van der Waals surface area contributed by atoms with Gasteiger partial charge in [-0.3, -0.25) is 4.79 Å². The van der Waals surface area contributed by atoms with Crippen molar-refractivity contribution in [2.75, 3.05) is 27.2 Å². The molecule has 1 fully saturated rings. The lowest BCUT2D eigenvalue weighted by Crippen LogP contribution is -2.47. The van der Waals surface area contributed by atoms with Gasteiger partial charge < -0.3 is 9.80 Å². The molecule has 0 aliphatic carbocycles. The number of benzene rings is 1. The second kappa shape index (κ2) is 6.25. The van der Waals surface area contributed by atoms with E-state index in [1.54, 1.807) is 18.2 Å². The normalized spacial score (nSPS) is 19.8. The van der Waals surface area contributed by atoms with Crippen LogP contribution >= 0.6 is 27.5 Å². The SMILES string of the molecule is CN(C)C1CCCN(C(=O)c2ccc(Cl)cc2Br)C1. The molecule has 0 spiro atoms. The Morgan fingerprint density at radius 2 is 2.21 bits per heavy atom. The van der Waals surface area contributed by atoms with Gasteiger partial charge in [0.05, 0.1) is 5.56 Å². The Morgan fingerprint density at radius 1 is 1.47 bits per heavy atom. The molecular weight excluding hydrogens is 328 g/mol. The van der Waals surface area contributed by atoms with Crippen molar-refractivity contribution in [2.24, 2.45) is 0 Å². The van der Waals surface area contributed by atoms with Gasteiger partial charge in [-0.25, -0.2) is 0 Å². The van der Waals surface area contributed by atoms with Crippen LogP contribution in [0.15, 0.2) is 22.7 Å². The molecule has 5 heteroatoms. The Bertz CT molecular complexity index is 479. The molecule has 1 amide bonds. The zero-order valence-electron chi connectivity index (χ0n) is 11.2. The molecule has 3 nitrogen and oxygen atoms in total. The van der Waals surface area contributed by atoms with E-state index in [1.807, 2.05) is 4.90 Å². The van der Waals surface area contributed by atoms with Crippen molar-refractivity contribution in [2.45, 2.75) is 18.9 Å². The summed E-state index contributed by atoms with van der Waals surface area (Å²) in [5, 5.41) is 0.633. The zero-order valence-corrected chi connectivity index (χ0v) is 13.5. The first-order valence-electron chi connectivity index (χ1n) is 6.40. The van der Waals surface area contributed by atoms with E-state index in [0.29, 0.717) is 16.6 Å². The number of carbonyl (C=O) groups excluding carboxylic acids is 1. The summed E-state index contributed by atoms with van der Waals surface area (Å²) in [6.07, 6.45) is 2.21. The number of nitrogens with zero attached hydrogens (tertiary/aromatic N) is 2. The molecule has 1 aliphatic rings. The van der Waals surface area contributed by atoms with Crippen molar-refractivity contribution in [3.63, 3.8) is 0 Å². The van der Waals surface area contributed by atoms with Gasteiger partial charge in [-0.15, -0.1) is 0 Å². The van der Waals surface area contributed by atoms with Crippen LogP contribution in [0.5, 0.6) is 0 Å². The largest absolute Gasteiger partial charge is 0.337 e. The minimum absolute atomic E-state index is 0.0788. The highest BCUT2D eigenvalue weighted by Gasteiger charge is 2.26. The van der Waals surface area contributed by atoms with Crippen LogP contribution < -0.4 is 0 Å². The summed E-state index contributed by atoms with van der Waals surface area (Å²) in [5.74, 6) is 0.0788. The summed E-state index contributed by atoms with van der Waals surface area (Å²) in [5.41, 5.74) is 0.684. The van der Waals surface area contributed by atoms with Crippen LogP contribution in [0.4, 0.5) is 0 Å². The first-order chi connectivity index (χ1) is 8.99. The lowest BCUT2D eigenvalue weighted by Gasteiger charge is -2.36. The summed E-state index contributed by atoms with van der Waals surface area (Å²) >= 11 is 9.33. The molecule has 1 aromatic rings. The molecule has 1 aromatic carbocycles. The lowest BCUT2D eigenvalue weighted by atomic mass is 10.0. The third-order valence-corrected chi connectivity index (χ3v) is 4.47. The molecule has 1 unspecified atom stereocenters. The van der Waals surface area contributed by atoms with E-state index < -0.39 is 0 Å². The van der Waals surface area contributed by atoms with Crippen LogP contribution in [0, 0.1) is 0 Å². The Labute approximate surface area is 127 Å². The molecule has 1 saturated heterocycles. The van der Waals surface area contributed by atoms with Crippen LogP contribution in [-0.2, 0) is 0 Å². The summed E-state index contributed by atoms with van der Waals surface area (Å²) in [7, 11) is 4.13. The van der Waals surface area contributed by atoms with E-state index in [2.05, 4.69) is 34.9 Å². The monoisotopic (exact) mass is 344 g/mol. The quantitative estimate of drug-likeness (QED) is 0.821. The Kier molecular flexibility index (Phi) is 4.87. The number of rotatable bonds is 2. The van der Waals surface area contributed by atoms with E-state index >= 15 is 0 Å². The fourth-order valence-electron chi connectivity index (χ4n) is 2.39. The van der Waals surface area contributed by atoms with Crippen molar-refractivity contribution in [3.05, 3.63) is 33.3 Å². The van der Waals surface area contributed by atoms with Gasteiger partial charge in [0.1, 0.15) is 0 Å². The van der Waals surface area contributed by atoms with Crippen molar-refractivity contribution in [3.8, 4) is 0 Å². The Morgan fingerprint density at radius 3 is 2.84 bits per heavy atom. The van der Waals surface area contributed by atoms with Crippen LogP contribution in [0.3, 0.4) is 0 Å². The predicted molar refractivity (Wildman–Crippen MR) is 81.8 cm³/mol. The average molecular weight is 346 g/mol. The van der Waals surface area contributed by atoms with Gasteiger partial charge in [-0.05, 0) is 61.1 Å². The third kappa shape index (κ3) is 3.50. The summed E-state index contributed by atoms with van der Waals surface area (Å²) < 4.78 is 0.761. The predicted octanol–water partition coefficient (Wildman–Crippen LogP) is 3.27. The molecular formula is C14H18BrClN2O. The molecule has 0 radical (unpaired) electrons. The summed E-state index contributed by atoms with van der Waals surface area (Å²) in [4.78, 5) is 16.7. The van der Waals surface area contributed by atoms with Crippen LogP contribution in [0.1, 0.15) is 23.2 Å². The molecule has 0 bridgehead atoms. The maximum Gasteiger partial charge on any atom is 0.255 e. The first-order valence-corrected chi connectivity index (χ1v) is 7.57. The van der Waals surface area contributed by atoms with Gasteiger partial charge in [-0.2, -0.15) is 0 Å². The molecule has 0 N–H and O–H groups in total. The van der Waals surface area contributed by atoms with Gasteiger partial charge in [0.2, 0.25) is 0 Å². The fraction of sp³-hybridized carbons (Fsp3) is 0.500. The number of halogens is 2. The highest BCUT2D eigenvalue weighted by atomic mass is 79.9. The first kappa shape index (κ1) is 14.8. The highest BCUT2D eigenvalue weighted by molar-refractivity contribution is 9.10. The number of amides is 1. The van der Waals surface area contributed by atoms with Gasteiger partial charge in [0.15, 0.2) is 0 Å². The van der Waals surface area contributed by atoms with Gasteiger partial charge in [0, 0.05) is 28.6 Å². The van der Waals surface area contributed by atoms with E-state index in [1.165, 1.54) is 0 Å². The molecule has 1 heterocycles. The van der Waals surface area contributed by atoms with Crippen molar-refractivity contribution >= 4 is 33.4 Å². The molecule has 0 aromatic heterocycles. The van der Waals surface area contributed by atoms with Crippen LogP contribution in [0.25, 0.3) is 0 Å². The zero-order chi connectivity index (χ0) is 14.0. The topological polar surface area (TPSA) is 23.6 Å². The minimum Gasteiger partial charge on any atom is -0.337 e. The minimum atomic E-state index is 0.0788. The standard InChI is InChI=1S/C14H18BrClN2O/c1-17(2)11-4-3-7-18(9-11)14(19)12-6-5-10(16)8-13(12)15/h5-6,8,11H,3-4,7,9H2,1-2H3.